The van der Waals surface area contributed by atoms with Crippen molar-refractivity contribution in [2.75, 3.05) is 0 Å². The number of carbonyl (C=O) groups is 2. The summed E-state index contributed by atoms with van der Waals surface area (Å²) in [5.74, 6) is -0.391. The number of nitrogens with zero attached hydrogens (tertiary/aromatic N) is 2. The van der Waals surface area contributed by atoms with Gasteiger partial charge in [-0.2, -0.15) is 5.10 Å². The molecule has 0 aromatic heterocycles. The van der Waals surface area contributed by atoms with Crippen molar-refractivity contribution in [3.05, 3.63) is 28.2 Å². The maximum Gasteiger partial charge on any atom is 0.346 e. The molecule has 3 amide bonds. The number of phenols is 1. The SMILES string of the molecule is CC[C@]1(C)NC(=O)N(N=Cc2cc(Br)ccc2O)C1=O. The number of rotatable bonds is 3. The van der Waals surface area contributed by atoms with Crippen LogP contribution in [0.25, 0.3) is 0 Å². The van der Waals surface area contributed by atoms with Crippen LogP contribution in [-0.2, 0) is 4.79 Å². The molecule has 0 radical (unpaired) electrons. The molecular formula is C13H14BrN3O3. The zero-order chi connectivity index (χ0) is 14.9. The molecule has 1 atom stereocenters. The molecule has 0 saturated carbocycles. The second-order valence-corrected chi connectivity index (χ2v) is 5.60. The van der Waals surface area contributed by atoms with Crippen molar-refractivity contribution in [1.29, 1.82) is 0 Å². The molecule has 1 aromatic rings. The van der Waals surface area contributed by atoms with E-state index in [1.54, 1.807) is 19.1 Å². The number of halogens is 1. The van der Waals surface area contributed by atoms with Crippen molar-refractivity contribution in [3.8, 4) is 5.75 Å². The lowest BCUT2D eigenvalue weighted by Crippen LogP contribution is -2.42. The zero-order valence-electron chi connectivity index (χ0n) is 11.1. The van der Waals surface area contributed by atoms with Gasteiger partial charge >= 0.3 is 6.03 Å². The molecule has 1 fully saturated rings. The highest BCUT2D eigenvalue weighted by Gasteiger charge is 2.46. The van der Waals surface area contributed by atoms with Crippen molar-refractivity contribution in [3.63, 3.8) is 0 Å². The van der Waals surface area contributed by atoms with Gasteiger partial charge in [-0.15, -0.1) is 5.01 Å². The molecule has 1 saturated heterocycles. The number of phenolic OH excluding ortho intramolecular Hbond substituents is 1. The van der Waals surface area contributed by atoms with E-state index in [2.05, 4.69) is 26.3 Å². The summed E-state index contributed by atoms with van der Waals surface area (Å²) in [6, 6.07) is 4.24. The van der Waals surface area contributed by atoms with Gasteiger partial charge in [0, 0.05) is 10.0 Å². The van der Waals surface area contributed by atoms with Gasteiger partial charge in [0.1, 0.15) is 11.3 Å². The van der Waals surface area contributed by atoms with E-state index >= 15 is 0 Å². The number of nitrogens with one attached hydrogen (secondary N) is 1. The fourth-order valence-corrected chi connectivity index (χ4v) is 2.14. The second-order valence-electron chi connectivity index (χ2n) is 4.68. The normalized spacial score (nSPS) is 22.6. The maximum atomic E-state index is 12.1. The molecule has 106 valence electrons. The Kier molecular flexibility index (Phi) is 3.80. The summed E-state index contributed by atoms with van der Waals surface area (Å²) in [5, 5.41) is 16.9. The minimum Gasteiger partial charge on any atom is -0.507 e. The number of imide groups is 1. The van der Waals surface area contributed by atoms with Crippen LogP contribution in [0.4, 0.5) is 4.79 Å². The summed E-state index contributed by atoms with van der Waals surface area (Å²) in [7, 11) is 0. The minimum absolute atomic E-state index is 0.0160. The second kappa shape index (κ2) is 5.24. The van der Waals surface area contributed by atoms with Crippen molar-refractivity contribution in [2.24, 2.45) is 5.10 Å². The summed E-state index contributed by atoms with van der Waals surface area (Å²) >= 11 is 3.27. The number of urea groups is 1. The fraction of sp³-hybridized carbons (Fsp3) is 0.308. The van der Waals surface area contributed by atoms with Crippen molar-refractivity contribution < 1.29 is 14.7 Å². The number of hydrazone groups is 1. The van der Waals surface area contributed by atoms with Crippen LogP contribution in [0.3, 0.4) is 0 Å². The lowest BCUT2D eigenvalue weighted by Gasteiger charge is -2.17. The minimum atomic E-state index is -0.923. The first-order chi connectivity index (χ1) is 9.37. The van der Waals surface area contributed by atoms with Gasteiger partial charge in [-0.05, 0) is 31.5 Å². The van der Waals surface area contributed by atoms with Crippen molar-refractivity contribution in [1.82, 2.24) is 10.3 Å². The summed E-state index contributed by atoms with van der Waals surface area (Å²) in [4.78, 5) is 23.8. The van der Waals surface area contributed by atoms with Gasteiger partial charge in [0.25, 0.3) is 5.91 Å². The Morgan fingerprint density at radius 1 is 1.50 bits per heavy atom. The number of benzene rings is 1. The molecule has 1 aliphatic heterocycles. The van der Waals surface area contributed by atoms with Crippen molar-refractivity contribution >= 4 is 34.1 Å². The fourth-order valence-electron chi connectivity index (χ4n) is 1.76. The Morgan fingerprint density at radius 2 is 2.20 bits per heavy atom. The predicted octanol–water partition coefficient (Wildman–Crippen LogP) is 2.21. The van der Waals surface area contributed by atoms with Gasteiger partial charge in [-0.25, -0.2) is 4.79 Å². The molecule has 1 aliphatic rings. The Morgan fingerprint density at radius 3 is 2.80 bits per heavy atom. The van der Waals surface area contributed by atoms with Gasteiger partial charge < -0.3 is 10.4 Å². The molecule has 2 N–H and O–H groups in total. The molecule has 1 aromatic carbocycles. The monoisotopic (exact) mass is 339 g/mol. The molecule has 0 unspecified atom stereocenters. The summed E-state index contributed by atoms with van der Waals surface area (Å²) in [6.07, 6.45) is 1.75. The molecule has 0 aliphatic carbocycles. The van der Waals surface area contributed by atoms with E-state index in [1.807, 2.05) is 6.92 Å². The molecule has 1 heterocycles. The Bertz CT molecular complexity index is 603. The molecular weight excluding hydrogens is 326 g/mol. The third kappa shape index (κ3) is 2.53. The van der Waals surface area contributed by atoms with E-state index in [1.165, 1.54) is 12.3 Å². The highest BCUT2D eigenvalue weighted by atomic mass is 79.9. The van der Waals surface area contributed by atoms with Gasteiger partial charge in [-0.3, -0.25) is 4.79 Å². The summed E-state index contributed by atoms with van der Waals surface area (Å²) in [5.41, 5.74) is -0.515. The Hall–Kier alpha value is -1.89. The highest BCUT2D eigenvalue weighted by Crippen LogP contribution is 2.23. The number of hydrogen-bond acceptors (Lipinski definition) is 4. The molecule has 6 nitrogen and oxygen atoms in total. The number of hydrogen-bond donors (Lipinski definition) is 2. The van der Waals surface area contributed by atoms with Crippen LogP contribution in [0.15, 0.2) is 27.8 Å². The lowest BCUT2D eigenvalue weighted by atomic mass is 10.00. The third-order valence-corrected chi connectivity index (χ3v) is 3.74. The van der Waals surface area contributed by atoms with E-state index in [4.69, 9.17) is 0 Å². The summed E-state index contributed by atoms with van der Waals surface area (Å²) in [6.45, 7) is 3.46. The molecule has 20 heavy (non-hydrogen) atoms. The van der Waals surface area contributed by atoms with Crippen LogP contribution in [0.2, 0.25) is 0 Å². The first-order valence-electron chi connectivity index (χ1n) is 6.06. The van der Waals surface area contributed by atoms with E-state index in [9.17, 15) is 14.7 Å². The van der Waals surface area contributed by atoms with E-state index in [0.29, 0.717) is 12.0 Å². The van der Waals surface area contributed by atoms with Crippen LogP contribution in [0.1, 0.15) is 25.8 Å². The van der Waals surface area contributed by atoms with E-state index in [-0.39, 0.29) is 5.75 Å². The van der Waals surface area contributed by atoms with E-state index < -0.39 is 17.5 Å². The first-order valence-corrected chi connectivity index (χ1v) is 6.86. The highest BCUT2D eigenvalue weighted by molar-refractivity contribution is 9.10. The van der Waals surface area contributed by atoms with Crippen LogP contribution in [0, 0.1) is 0 Å². The Balaban J connectivity index is 2.26. The topological polar surface area (TPSA) is 82.0 Å². The number of carbonyl (C=O) groups excluding carboxylic acids is 2. The van der Waals surface area contributed by atoms with Crippen molar-refractivity contribution in [2.45, 2.75) is 25.8 Å². The van der Waals surface area contributed by atoms with E-state index in [0.717, 1.165) is 9.48 Å². The maximum absolute atomic E-state index is 12.1. The third-order valence-electron chi connectivity index (χ3n) is 3.25. The lowest BCUT2D eigenvalue weighted by molar-refractivity contribution is -0.130. The van der Waals surface area contributed by atoms with Crippen LogP contribution < -0.4 is 5.32 Å². The summed E-state index contributed by atoms with van der Waals surface area (Å²) < 4.78 is 0.757. The average Bonchev–Trinajstić information content (AvgIpc) is 2.63. The zero-order valence-corrected chi connectivity index (χ0v) is 12.6. The van der Waals surface area contributed by atoms with Crippen LogP contribution in [0.5, 0.6) is 5.75 Å². The largest absolute Gasteiger partial charge is 0.507 e. The quantitative estimate of drug-likeness (QED) is 0.654. The van der Waals surface area contributed by atoms with Gasteiger partial charge in [0.2, 0.25) is 0 Å². The smallest absolute Gasteiger partial charge is 0.346 e. The predicted molar refractivity (Wildman–Crippen MR) is 77.5 cm³/mol. The van der Waals surface area contributed by atoms with Crippen LogP contribution in [-0.4, -0.2) is 33.8 Å². The Labute approximate surface area is 124 Å². The first kappa shape index (κ1) is 14.5. The van der Waals surface area contributed by atoms with Gasteiger partial charge in [0.15, 0.2) is 0 Å². The molecule has 0 spiro atoms. The molecule has 7 heteroatoms. The number of amides is 3. The molecule has 2 rings (SSSR count). The van der Waals surface area contributed by atoms with Gasteiger partial charge in [0.05, 0.1) is 6.21 Å². The van der Waals surface area contributed by atoms with Crippen LogP contribution >= 0.6 is 15.9 Å². The molecule has 0 bridgehead atoms. The number of aromatic hydroxyl groups is 1. The standard InChI is InChI=1S/C13H14BrN3O3/c1-3-13(2)11(19)17(12(20)16-13)15-7-8-6-9(14)4-5-10(8)18/h4-7,18H,3H2,1-2H3,(H,16,20)/t13-/m0/s1. The van der Waals surface area contributed by atoms with Gasteiger partial charge in [-0.1, -0.05) is 22.9 Å². The average molecular weight is 340 g/mol.